The van der Waals surface area contributed by atoms with Crippen molar-refractivity contribution in [1.82, 2.24) is 15.2 Å². The zero-order valence-corrected chi connectivity index (χ0v) is 9.19. The van der Waals surface area contributed by atoms with Gasteiger partial charge in [-0.15, -0.1) is 0 Å². The number of nitrogens with one attached hydrogen (secondary N) is 2. The predicted octanol–water partition coefficient (Wildman–Crippen LogP) is 0.485. The highest BCUT2D eigenvalue weighted by atomic mass is 16.4. The van der Waals surface area contributed by atoms with Gasteiger partial charge in [0.25, 0.3) is 0 Å². The van der Waals surface area contributed by atoms with Crippen LogP contribution in [0.5, 0.6) is 0 Å². The van der Waals surface area contributed by atoms with Gasteiger partial charge in [0, 0.05) is 13.6 Å². The van der Waals surface area contributed by atoms with Gasteiger partial charge in [-0.1, -0.05) is 6.07 Å². The molecule has 1 aliphatic heterocycles. The Hall–Kier alpha value is -2.24. The van der Waals surface area contributed by atoms with Crippen molar-refractivity contribution in [2.45, 2.75) is 6.04 Å². The quantitative estimate of drug-likeness (QED) is 0.752. The Kier molecular flexibility index (Phi) is 1.98. The Morgan fingerprint density at radius 1 is 1.41 bits per heavy atom. The van der Waals surface area contributed by atoms with Crippen LogP contribution in [-0.4, -0.2) is 17.1 Å². The third-order valence-corrected chi connectivity index (χ3v) is 2.99. The second-order valence-electron chi connectivity index (χ2n) is 4.06. The number of aromatic nitrogens is 1. The van der Waals surface area contributed by atoms with Crippen molar-refractivity contribution in [3.05, 3.63) is 34.3 Å². The Morgan fingerprint density at radius 3 is 2.94 bits per heavy atom. The Morgan fingerprint density at radius 2 is 2.24 bits per heavy atom. The summed E-state index contributed by atoms with van der Waals surface area (Å²) < 4.78 is 6.55. The normalized spacial score (nSPS) is 19.4. The number of hydrogen-bond donors (Lipinski definition) is 2. The molecule has 1 saturated heterocycles. The molecule has 0 aliphatic carbocycles. The second-order valence-corrected chi connectivity index (χ2v) is 4.06. The first-order valence-corrected chi connectivity index (χ1v) is 5.29. The number of rotatable bonds is 1. The van der Waals surface area contributed by atoms with Crippen molar-refractivity contribution in [3.8, 4) is 0 Å². The topological polar surface area (TPSA) is 76.3 Å². The molecule has 1 aromatic carbocycles. The van der Waals surface area contributed by atoms with Gasteiger partial charge in [-0.25, -0.2) is 9.59 Å². The molecule has 0 radical (unpaired) electrons. The lowest BCUT2D eigenvalue weighted by Gasteiger charge is -2.08. The van der Waals surface area contributed by atoms with Crippen molar-refractivity contribution in [2.24, 2.45) is 7.05 Å². The summed E-state index contributed by atoms with van der Waals surface area (Å²) in [6, 6.07) is 5.24. The highest BCUT2D eigenvalue weighted by Crippen LogP contribution is 2.20. The van der Waals surface area contributed by atoms with E-state index in [0.29, 0.717) is 12.1 Å². The summed E-state index contributed by atoms with van der Waals surface area (Å²) in [5.41, 5.74) is 2.21. The molecule has 0 bridgehead atoms. The van der Waals surface area contributed by atoms with E-state index < -0.39 is 0 Å². The van der Waals surface area contributed by atoms with Crippen LogP contribution in [0.25, 0.3) is 11.1 Å². The molecule has 0 saturated carbocycles. The molecule has 2 N–H and O–H groups in total. The van der Waals surface area contributed by atoms with E-state index in [0.717, 1.165) is 11.1 Å². The highest BCUT2D eigenvalue weighted by Gasteiger charge is 2.22. The molecule has 1 fully saturated rings. The van der Waals surface area contributed by atoms with E-state index in [2.05, 4.69) is 10.6 Å². The molecule has 1 unspecified atom stereocenters. The fraction of sp³-hybridized carbons (Fsp3) is 0.273. The number of carbonyl (C=O) groups is 1. The lowest BCUT2D eigenvalue weighted by atomic mass is 10.1. The fourth-order valence-corrected chi connectivity index (χ4v) is 2.02. The molecule has 88 valence electrons. The summed E-state index contributed by atoms with van der Waals surface area (Å²) in [7, 11) is 1.66. The summed E-state index contributed by atoms with van der Waals surface area (Å²) in [5, 5.41) is 5.46. The molecule has 2 amide bonds. The SMILES string of the molecule is Cn1c(=O)oc2cc(C3CNC(=O)N3)ccc21. The minimum atomic E-state index is -0.384. The Balaban J connectivity index is 2.08. The molecule has 1 atom stereocenters. The molecule has 17 heavy (non-hydrogen) atoms. The monoisotopic (exact) mass is 233 g/mol. The van der Waals surface area contributed by atoms with Gasteiger partial charge in [0.1, 0.15) is 0 Å². The molecule has 1 aliphatic rings. The number of fused-ring (bicyclic) bond motifs is 1. The molecule has 6 nitrogen and oxygen atoms in total. The van der Waals surface area contributed by atoms with Crippen LogP contribution in [0.1, 0.15) is 11.6 Å². The van der Waals surface area contributed by atoms with Crippen LogP contribution in [0, 0.1) is 0 Å². The first-order valence-electron chi connectivity index (χ1n) is 5.29. The van der Waals surface area contributed by atoms with Crippen molar-refractivity contribution in [1.29, 1.82) is 0 Å². The van der Waals surface area contributed by atoms with E-state index in [1.807, 2.05) is 12.1 Å². The maximum atomic E-state index is 11.3. The van der Waals surface area contributed by atoms with Crippen LogP contribution in [0.3, 0.4) is 0 Å². The second kappa shape index (κ2) is 3.38. The van der Waals surface area contributed by atoms with Gasteiger partial charge in [0.15, 0.2) is 5.58 Å². The lowest BCUT2D eigenvalue weighted by Crippen LogP contribution is -2.21. The number of hydrogen-bond acceptors (Lipinski definition) is 3. The third kappa shape index (κ3) is 1.49. The van der Waals surface area contributed by atoms with Crippen molar-refractivity contribution >= 4 is 17.1 Å². The summed E-state index contributed by atoms with van der Waals surface area (Å²) >= 11 is 0. The maximum Gasteiger partial charge on any atom is 0.419 e. The van der Waals surface area contributed by atoms with E-state index in [1.54, 1.807) is 13.1 Å². The van der Waals surface area contributed by atoms with Gasteiger partial charge in [-0.2, -0.15) is 0 Å². The molecular weight excluding hydrogens is 222 g/mol. The van der Waals surface area contributed by atoms with Crippen LogP contribution < -0.4 is 16.4 Å². The highest BCUT2D eigenvalue weighted by molar-refractivity contribution is 5.78. The minimum absolute atomic E-state index is 0.0718. The lowest BCUT2D eigenvalue weighted by molar-refractivity contribution is 0.247. The van der Waals surface area contributed by atoms with Crippen LogP contribution in [0.2, 0.25) is 0 Å². The number of nitrogens with zero attached hydrogens (tertiary/aromatic N) is 1. The zero-order chi connectivity index (χ0) is 12.0. The van der Waals surface area contributed by atoms with Crippen LogP contribution in [0.15, 0.2) is 27.4 Å². The standard InChI is InChI=1S/C11H11N3O3/c1-14-8-3-2-6(4-9(8)17-11(14)16)7-5-12-10(15)13-7/h2-4,7H,5H2,1H3,(H2,12,13,15). The summed E-state index contributed by atoms with van der Waals surface area (Å²) in [4.78, 5) is 22.4. The van der Waals surface area contributed by atoms with Crippen LogP contribution in [0.4, 0.5) is 4.79 Å². The van der Waals surface area contributed by atoms with E-state index in [4.69, 9.17) is 4.42 Å². The van der Waals surface area contributed by atoms with E-state index in [-0.39, 0.29) is 17.8 Å². The predicted molar refractivity (Wildman–Crippen MR) is 60.7 cm³/mol. The number of aryl methyl sites for hydroxylation is 1. The van der Waals surface area contributed by atoms with Gasteiger partial charge in [-0.05, 0) is 17.7 Å². The van der Waals surface area contributed by atoms with Gasteiger partial charge >= 0.3 is 11.8 Å². The van der Waals surface area contributed by atoms with E-state index >= 15 is 0 Å². The zero-order valence-electron chi connectivity index (χ0n) is 9.19. The molecular formula is C11H11N3O3. The molecule has 0 spiro atoms. The first-order chi connectivity index (χ1) is 8.15. The number of oxazole rings is 1. The molecule has 1 aromatic heterocycles. The number of urea groups is 1. The smallest absolute Gasteiger partial charge is 0.408 e. The first kappa shape index (κ1) is 9.95. The fourth-order valence-electron chi connectivity index (χ4n) is 2.02. The van der Waals surface area contributed by atoms with Crippen molar-refractivity contribution in [3.63, 3.8) is 0 Å². The summed E-state index contributed by atoms with van der Waals surface area (Å²) in [6.07, 6.45) is 0. The van der Waals surface area contributed by atoms with Gasteiger partial charge in [0.2, 0.25) is 0 Å². The molecule has 3 rings (SSSR count). The van der Waals surface area contributed by atoms with Crippen LogP contribution in [-0.2, 0) is 7.05 Å². The third-order valence-electron chi connectivity index (χ3n) is 2.99. The average molecular weight is 233 g/mol. The van der Waals surface area contributed by atoms with E-state index in [9.17, 15) is 9.59 Å². The van der Waals surface area contributed by atoms with Crippen molar-refractivity contribution < 1.29 is 9.21 Å². The number of amides is 2. The van der Waals surface area contributed by atoms with Crippen LogP contribution >= 0.6 is 0 Å². The Bertz CT molecular complexity index is 656. The molecule has 2 heterocycles. The van der Waals surface area contributed by atoms with E-state index in [1.165, 1.54) is 4.57 Å². The molecule has 6 heteroatoms. The number of benzene rings is 1. The maximum absolute atomic E-state index is 11.3. The van der Waals surface area contributed by atoms with Gasteiger partial charge in [0.05, 0.1) is 11.6 Å². The van der Waals surface area contributed by atoms with Gasteiger partial charge < -0.3 is 15.1 Å². The molecule has 2 aromatic rings. The summed E-state index contributed by atoms with van der Waals surface area (Å²) in [6.45, 7) is 0.543. The minimum Gasteiger partial charge on any atom is -0.408 e. The largest absolute Gasteiger partial charge is 0.419 e. The van der Waals surface area contributed by atoms with Gasteiger partial charge in [-0.3, -0.25) is 4.57 Å². The average Bonchev–Trinajstić information content (AvgIpc) is 2.85. The summed E-state index contributed by atoms with van der Waals surface area (Å²) in [5.74, 6) is -0.384. The van der Waals surface area contributed by atoms with Crippen molar-refractivity contribution in [2.75, 3.05) is 6.54 Å². The number of carbonyl (C=O) groups excluding carboxylic acids is 1. The Labute approximate surface area is 96.2 Å².